The summed E-state index contributed by atoms with van der Waals surface area (Å²) in [5, 5.41) is 8.75. The Hall–Kier alpha value is -0.240. The van der Waals surface area contributed by atoms with Gasteiger partial charge in [0.25, 0.3) is 0 Å². The zero-order valence-corrected chi connectivity index (χ0v) is 8.85. The van der Waals surface area contributed by atoms with E-state index < -0.39 is 11.4 Å². The molecule has 2 nitrogen and oxygen atoms in total. The molecule has 0 aromatic heterocycles. The highest BCUT2D eigenvalue weighted by Crippen LogP contribution is 2.28. The molecule has 0 saturated heterocycles. The summed E-state index contributed by atoms with van der Waals surface area (Å²) < 4.78 is 0. The monoisotopic (exact) mass is 192 g/mol. The van der Waals surface area contributed by atoms with E-state index in [0.717, 1.165) is 0 Å². The van der Waals surface area contributed by atoms with E-state index in [2.05, 4.69) is 0 Å². The average molecular weight is 193 g/mol. The minimum atomic E-state index is -0.784. The maximum absolute atomic E-state index is 10.7. The molecule has 0 aliphatic carbocycles. The van der Waals surface area contributed by atoms with E-state index in [1.807, 2.05) is 13.8 Å². The smallest absolute Gasteiger partial charge is 0.309 e. The first kappa shape index (κ1) is 11.8. The standard InChI is InChI=1S/C9H17ClO2/c1-6(2)7(10)5-9(3,4)8(11)12/h6-7H,5H2,1-4H3,(H,11,12). The van der Waals surface area contributed by atoms with E-state index in [4.69, 9.17) is 16.7 Å². The third-order valence-electron chi connectivity index (χ3n) is 2.01. The van der Waals surface area contributed by atoms with Crippen LogP contribution < -0.4 is 0 Å². The topological polar surface area (TPSA) is 37.3 Å². The SMILES string of the molecule is CC(C)C(Cl)CC(C)(C)C(=O)O. The van der Waals surface area contributed by atoms with Gasteiger partial charge in [0.1, 0.15) is 0 Å². The molecule has 3 heteroatoms. The lowest BCUT2D eigenvalue weighted by Gasteiger charge is -2.24. The van der Waals surface area contributed by atoms with Crippen molar-refractivity contribution in [2.24, 2.45) is 11.3 Å². The Morgan fingerprint density at radius 3 is 2.17 bits per heavy atom. The maximum Gasteiger partial charge on any atom is 0.309 e. The van der Waals surface area contributed by atoms with Crippen LogP contribution in [0.2, 0.25) is 0 Å². The lowest BCUT2D eigenvalue weighted by atomic mass is 9.85. The second kappa shape index (κ2) is 4.13. The third-order valence-corrected chi connectivity index (χ3v) is 2.67. The van der Waals surface area contributed by atoms with Crippen LogP contribution in [-0.2, 0) is 4.79 Å². The predicted octanol–water partition coefficient (Wildman–Crippen LogP) is 2.75. The molecule has 0 aromatic rings. The molecule has 0 saturated carbocycles. The molecule has 1 atom stereocenters. The number of carboxylic acids is 1. The molecule has 1 N–H and O–H groups in total. The molecule has 72 valence electrons. The van der Waals surface area contributed by atoms with Crippen LogP contribution in [0.4, 0.5) is 0 Å². The number of alkyl halides is 1. The Balaban J connectivity index is 4.15. The van der Waals surface area contributed by atoms with Crippen LogP contribution in [-0.4, -0.2) is 16.5 Å². The van der Waals surface area contributed by atoms with Crippen LogP contribution in [0.25, 0.3) is 0 Å². The van der Waals surface area contributed by atoms with Gasteiger partial charge in [-0.25, -0.2) is 0 Å². The third kappa shape index (κ3) is 3.44. The van der Waals surface area contributed by atoms with Crippen molar-refractivity contribution in [2.75, 3.05) is 0 Å². The Morgan fingerprint density at radius 2 is 1.92 bits per heavy atom. The molecule has 0 bridgehead atoms. The van der Waals surface area contributed by atoms with Crippen molar-refractivity contribution in [3.63, 3.8) is 0 Å². The lowest BCUT2D eigenvalue weighted by Crippen LogP contribution is -2.28. The van der Waals surface area contributed by atoms with Gasteiger partial charge in [0.2, 0.25) is 0 Å². The molecule has 0 aliphatic heterocycles. The Morgan fingerprint density at radius 1 is 1.50 bits per heavy atom. The number of halogens is 1. The number of rotatable bonds is 4. The molecule has 0 aromatic carbocycles. The molecule has 0 aliphatic rings. The van der Waals surface area contributed by atoms with Gasteiger partial charge in [0.05, 0.1) is 5.41 Å². The molecule has 1 unspecified atom stereocenters. The number of hydrogen-bond donors (Lipinski definition) is 1. The van der Waals surface area contributed by atoms with Crippen LogP contribution in [0.1, 0.15) is 34.1 Å². The van der Waals surface area contributed by atoms with Crippen molar-refractivity contribution in [1.29, 1.82) is 0 Å². The van der Waals surface area contributed by atoms with Gasteiger partial charge < -0.3 is 5.11 Å². The lowest BCUT2D eigenvalue weighted by molar-refractivity contribution is -0.147. The largest absolute Gasteiger partial charge is 0.481 e. The van der Waals surface area contributed by atoms with Crippen LogP contribution >= 0.6 is 11.6 Å². The fourth-order valence-electron chi connectivity index (χ4n) is 0.811. The molecule has 0 rings (SSSR count). The van der Waals surface area contributed by atoms with E-state index in [1.54, 1.807) is 13.8 Å². The summed E-state index contributed by atoms with van der Waals surface area (Å²) in [6, 6.07) is 0. The highest BCUT2D eigenvalue weighted by Gasteiger charge is 2.30. The van der Waals surface area contributed by atoms with E-state index in [1.165, 1.54) is 0 Å². The number of hydrogen-bond acceptors (Lipinski definition) is 1. The highest BCUT2D eigenvalue weighted by molar-refractivity contribution is 6.20. The van der Waals surface area contributed by atoms with Crippen LogP contribution in [0, 0.1) is 11.3 Å². The first-order valence-corrected chi connectivity index (χ1v) is 4.58. The van der Waals surface area contributed by atoms with E-state index in [-0.39, 0.29) is 5.38 Å². The van der Waals surface area contributed by atoms with Crippen LogP contribution in [0.3, 0.4) is 0 Å². The molecule has 0 amide bonds. The normalized spacial score (nSPS) is 14.8. The molecular formula is C9H17ClO2. The minimum absolute atomic E-state index is 0.0592. The second-order valence-electron chi connectivity index (χ2n) is 4.15. The number of aliphatic carboxylic acids is 1. The molecule has 0 heterocycles. The first-order chi connectivity index (χ1) is 5.27. The average Bonchev–Trinajstić information content (AvgIpc) is 1.85. The van der Waals surface area contributed by atoms with Gasteiger partial charge in [0.15, 0.2) is 0 Å². The summed E-state index contributed by atoms with van der Waals surface area (Å²) in [7, 11) is 0. The summed E-state index contributed by atoms with van der Waals surface area (Å²) >= 11 is 5.98. The first-order valence-electron chi connectivity index (χ1n) is 4.15. The molecule has 0 fully saturated rings. The zero-order chi connectivity index (χ0) is 9.94. The number of carbonyl (C=O) groups is 1. The van der Waals surface area contributed by atoms with Crippen molar-refractivity contribution in [3.05, 3.63) is 0 Å². The van der Waals surface area contributed by atoms with Gasteiger partial charge in [-0.1, -0.05) is 13.8 Å². The minimum Gasteiger partial charge on any atom is -0.481 e. The Bertz CT molecular complexity index is 164. The van der Waals surface area contributed by atoms with Crippen LogP contribution in [0.5, 0.6) is 0 Å². The Labute approximate surface area is 78.9 Å². The van der Waals surface area contributed by atoms with Gasteiger partial charge in [-0.15, -0.1) is 11.6 Å². The van der Waals surface area contributed by atoms with E-state index in [0.29, 0.717) is 12.3 Å². The van der Waals surface area contributed by atoms with Gasteiger partial charge in [-0.3, -0.25) is 4.79 Å². The molecule has 0 spiro atoms. The summed E-state index contributed by atoms with van der Waals surface area (Å²) in [5.41, 5.74) is -0.712. The maximum atomic E-state index is 10.7. The molecular weight excluding hydrogens is 176 g/mol. The van der Waals surface area contributed by atoms with Gasteiger partial charge in [0, 0.05) is 5.38 Å². The molecule has 12 heavy (non-hydrogen) atoms. The van der Waals surface area contributed by atoms with E-state index >= 15 is 0 Å². The van der Waals surface area contributed by atoms with Crippen molar-refractivity contribution in [2.45, 2.75) is 39.5 Å². The fourth-order valence-corrected chi connectivity index (χ4v) is 1.20. The highest BCUT2D eigenvalue weighted by atomic mass is 35.5. The molecule has 0 radical (unpaired) electrons. The second-order valence-corrected chi connectivity index (χ2v) is 4.71. The van der Waals surface area contributed by atoms with E-state index in [9.17, 15) is 4.79 Å². The van der Waals surface area contributed by atoms with Gasteiger partial charge in [-0.05, 0) is 26.2 Å². The quantitative estimate of drug-likeness (QED) is 0.696. The number of carboxylic acid groups (broad SMARTS) is 1. The van der Waals surface area contributed by atoms with Crippen molar-refractivity contribution < 1.29 is 9.90 Å². The van der Waals surface area contributed by atoms with Crippen LogP contribution in [0.15, 0.2) is 0 Å². The summed E-state index contributed by atoms with van der Waals surface area (Å²) in [6.45, 7) is 7.39. The Kier molecular flexibility index (Phi) is 4.04. The van der Waals surface area contributed by atoms with Gasteiger partial charge >= 0.3 is 5.97 Å². The van der Waals surface area contributed by atoms with Crippen molar-refractivity contribution in [3.8, 4) is 0 Å². The fraction of sp³-hybridized carbons (Fsp3) is 0.889. The zero-order valence-electron chi connectivity index (χ0n) is 8.10. The van der Waals surface area contributed by atoms with Crippen molar-refractivity contribution >= 4 is 17.6 Å². The van der Waals surface area contributed by atoms with Gasteiger partial charge in [-0.2, -0.15) is 0 Å². The summed E-state index contributed by atoms with van der Waals surface area (Å²) in [5.74, 6) is -0.459. The summed E-state index contributed by atoms with van der Waals surface area (Å²) in [6.07, 6.45) is 0.515. The summed E-state index contributed by atoms with van der Waals surface area (Å²) in [4.78, 5) is 10.7. The predicted molar refractivity (Wildman–Crippen MR) is 50.5 cm³/mol. The van der Waals surface area contributed by atoms with Crippen molar-refractivity contribution in [1.82, 2.24) is 0 Å².